The van der Waals surface area contributed by atoms with Crippen molar-refractivity contribution in [3.8, 4) is 10.6 Å². The number of rotatable bonds is 20. The molecule has 0 saturated carbocycles. The second kappa shape index (κ2) is 17.6. The third-order valence-corrected chi connectivity index (χ3v) is 8.42. The lowest BCUT2D eigenvalue weighted by atomic mass is 10.1. The van der Waals surface area contributed by atoms with Gasteiger partial charge in [0.25, 0.3) is 0 Å². The van der Waals surface area contributed by atoms with Crippen molar-refractivity contribution in [2.75, 3.05) is 18.0 Å². The van der Waals surface area contributed by atoms with E-state index in [9.17, 15) is 0 Å². The number of unbranched alkanes of at least 4 members (excludes halogenated alkanes) is 14. The van der Waals surface area contributed by atoms with E-state index < -0.39 is 0 Å². The van der Waals surface area contributed by atoms with Crippen molar-refractivity contribution in [3.63, 3.8) is 0 Å². The molecule has 3 aromatic rings. The first-order chi connectivity index (χ1) is 17.8. The van der Waals surface area contributed by atoms with Crippen molar-refractivity contribution < 1.29 is 0 Å². The molecule has 1 aromatic heterocycles. The molecule has 0 saturated heterocycles. The highest BCUT2D eigenvalue weighted by Crippen LogP contribution is 2.31. The summed E-state index contributed by atoms with van der Waals surface area (Å²) in [7, 11) is 0. The van der Waals surface area contributed by atoms with Crippen LogP contribution in [0.3, 0.4) is 0 Å². The minimum absolute atomic E-state index is 1.10. The van der Waals surface area contributed by atoms with Gasteiger partial charge in [0, 0.05) is 24.3 Å². The smallest absolute Gasteiger partial charge is 0.124 e. The Bertz CT molecular complexity index is 893. The highest BCUT2D eigenvalue weighted by molar-refractivity contribution is 7.21. The molecule has 0 amide bonds. The average molecular weight is 507 g/mol. The lowest BCUT2D eigenvalue weighted by Crippen LogP contribution is -2.25. The zero-order valence-electron chi connectivity index (χ0n) is 23.1. The molecule has 36 heavy (non-hydrogen) atoms. The summed E-state index contributed by atoms with van der Waals surface area (Å²) in [5, 5.41) is 1.13. The first kappa shape index (κ1) is 28.7. The first-order valence-electron chi connectivity index (χ1n) is 15.0. The number of benzene rings is 2. The van der Waals surface area contributed by atoms with Gasteiger partial charge in [-0.15, -0.1) is 11.3 Å². The molecule has 0 spiro atoms. The summed E-state index contributed by atoms with van der Waals surface area (Å²) in [6, 6.07) is 17.7. The lowest BCUT2D eigenvalue weighted by Gasteiger charge is -2.25. The van der Waals surface area contributed by atoms with E-state index in [1.807, 2.05) is 0 Å². The maximum atomic E-state index is 4.86. The molecule has 2 aromatic carbocycles. The molecule has 198 valence electrons. The van der Waals surface area contributed by atoms with E-state index in [2.05, 4.69) is 67.3 Å². The van der Waals surface area contributed by atoms with Crippen LogP contribution in [0.5, 0.6) is 0 Å². The average Bonchev–Trinajstić information content (AvgIpc) is 3.35. The summed E-state index contributed by atoms with van der Waals surface area (Å²) in [6.45, 7) is 6.97. The highest BCUT2D eigenvalue weighted by Gasteiger charge is 2.10. The van der Waals surface area contributed by atoms with Gasteiger partial charge >= 0.3 is 0 Å². The fraction of sp³-hybridized carbons (Fsp3) is 0.606. The molecule has 0 fully saturated rings. The van der Waals surface area contributed by atoms with Crippen molar-refractivity contribution in [2.24, 2.45) is 0 Å². The summed E-state index contributed by atoms with van der Waals surface area (Å²) in [6.07, 6.45) is 22.1. The fourth-order valence-corrected chi connectivity index (χ4v) is 6.02. The molecule has 0 aliphatic rings. The molecule has 3 heteroatoms. The Morgan fingerprint density at radius 2 is 1.08 bits per heavy atom. The van der Waals surface area contributed by atoms with Crippen LogP contribution in [0.1, 0.15) is 117 Å². The quantitative estimate of drug-likeness (QED) is 0.142. The van der Waals surface area contributed by atoms with Gasteiger partial charge in [0.05, 0.1) is 10.2 Å². The molecule has 0 radical (unpaired) electrons. The largest absolute Gasteiger partial charge is 0.372 e. The minimum atomic E-state index is 1.10. The second-order valence-electron chi connectivity index (χ2n) is 10.5. The summed E-state index contributed by atoms with van der Waals surface area (Å²) in [5.41, 5.74) is 3.72. The standard InChI is InChI=1S/C33H50N2S/c1-3-5-7-9-11-13-15-19-27-35(28-20-16-14-12-10-8-6-4-2)30-25-23-29(24-26-30)33-34-31-21-17-18-22-32(31)36-33/h17-18,21-26H,3-16,19-20,27-28H2,1-2H3. The summed E-state index contributed by atoms with van der Waals surface area (Å²) >= 11 is 1.79. The van der Waals surface area contributed by atoms with Crippen LogP contribution in [-0.4, -0.2) is 18.1 Å². The predicted octanol–water partition coefficient (Wildman–Crippen LogP) is 11.1. The molecule has 0 atom stereocenters. The predicted molar refractivity (Wildman–Crippen MR) is 162 cm³/mol. The number of hydrogen-bond acceptors (Lipinski definition) is 3. The third kappa shape index (κ3) is 10.2. The van der Waals surface area contributed by atoms with Crippen LogP contribution in [0.25, 0.3) is 20.8 Å². The van der Waals surface area contributed by atoms with Gasteiger partial charge in [0.2, 0.25) is 0 Å². The molecule has 3 rings (SSSR count). The van der Waals surface area contributed by atoms with Gasteiger partial charge in [-0.05, 0) is 49.2 Å². The third-order valence-electron chi connectivity index (χ3n) is 7.34. The Balaban J connectivity index is 1.50. The second-order valence-corrected chi connectivity index (χ2v) is 11.5. The van der Waals surface area contributed by atoms with Gasteiger partial charge in [-0.25, -0.2) is 4.98 Å². The molecule has 0 aliphatic carbocycles. The van der Waals surface area contributed by atoms with Crippen molar-refractivity contribution in [2.45, 2.75) is 117 Å². The zero-order valence-corrected chi connectivity index (χ0v) is 24.0. The number of fused-ring (bicyclic) bond motifs is 1. The number of anilines is 1. The summed E-state index contributed by atoms with van der Waals surface area (Å²) < 4.78 is 1.27. The number of nitrogens with zero attached hydrogens (tertiary/aromatic N) is 2. The van der Waals surface area contributed by atoms with Gasteiger partial charge in [0.1, 0.15) is 5.01 Å². The number of hydrogen-bond donors (Lipinski definition) is 0. The van der Waals surface area contributed by atoms with Gasteiger partial charge in [-0.3, -0.25) is 0 Å². The van der Waals surface area contributed by atoms with Crippen LogP contribution < -0.4 is 4.90 Å². The van der Waals surface area contributed by atoms with E-state index in [0.717, 1.165) is 10.5 Å². The maximum absolute atomic E-state index is 4.86. The van der Waals surface area contributed by atoms with Gasteiger partial charge < -0.3 is 4.90 Å². The molecule has 0 N–H and O–H groups in total. The summed E-state index contributed by atoms with van der Waals surface area (Å²) in [5.74, 6) is 0. The van der Waals surface area contributed by atoms with Crippen LogP contribution in [0.2, 0.25) is 0 Å². The first-order valence-corrected chi connectivity index (χ1v) is 15.8. The van der Waals surface area contributed by atoms with Crippen LogP contribution in [0, 0.1) is 0 Å². The van der Waals surface area contributed by atoms with E-state index in [1.54, 1.807) is 11.3 Å². The van der Waals surface area contributed by atoms with E-state index >= 15 is 0 Å². The Labute approximate surface area is 225 Å². The lowest BCUT2D eigenvalue weighted by molar-refractivity contribution is 0.555. The minimum Gasteiger partial charge on any atom is -0.372 e. The Morgan fingerprint density at radius 1 is 0.583 bits per heavy atom. The fourth-order valence-electron chi connectivity index (χ4n) is 5.05. The molecular weight excluding hydrogens is 456 g/mol. The van der Waals surface area contributed by atoms with Crippen molar-refractivity contribution in [3.05, 3.63) is 48.5 Å². The van der Waals surface area contributed by atoms with E-state index in [0.29, 0.717) is 0 Å². The topological polar surface area (TPSA) is 16.1 Å². The van der Waals surface area contributed by atoms with Crippen LogP contribution in [-0.2, 0) is 0 Å². The van der Waals surface area contributed by atoms with Gasteiger partial charge in [-0.2, -0.15) is 0 Å². The summed E-state index contributed by atoms with van der Waals surface area (Å²) in [4.78, 5) is 7.50. The molecule has 1 heterocycles. The van der Waals surface area contributed by atoms with Crippen molar-refractivity contribution in [1.29, 1.82) is 0 Å². The van der Waals surface area contributed by atoms with Crippen LogP contribution in [0.15, 0.2) is 48.5 Å². The molecule has 0 unspecified atom stereocenters. The number of para-hydroxylation sites is 1. The Morgan fingerprint density at radius 3 is 1.61 bits per heavy atom. The molecule has 0 bridgehead atoms. The Kier molecular flexibility index (Phi) is 14.0. The van der Waals surface area contributed by atoms with Gasteiger partial charge in [-0.1, -0.05) is 116 Å². The molecule has 2 nitrogen and oxygen atoms in total. The molecular formula is C33H50N2S. The highest BCUT2D eigenvalue weighted by atomic mass is 32.1. The Hall–Kier alpha value is -1.87. The SMILES string of the molecule is CCCCCCCCCCN(CCCCCCCCCC)c1ccc(-c2nc3ccccc3s2)cc1. The van der Waals surface area contributed by atoms with Crippen LogP contribution in [0.4, 0.5) is 5.69 Å². The zero-order chi connectivity index (χ0) is 25.3. The van der Waals surface area contributed by atoms with E-state index in [1.165, 1.54) is 132 Å². The van der Waals surface area contributed by atoms with Crippen molar-refractivity contribution in [1.82, 2.24) is 4.98 Å². The maximum Gasteiger partial charge on any atom is 0.124 e. The molecule has 0 aliphatic heterocycles. The van der Waals surface area contributed by atoms with E-state index in [-0.39, 0.29) is 0 Å². The number of aromatic nitrogens is 1. The van der Waals surface area contributed by atoms with Gasteiger partial charge in [0.15, 0.2) is 0 Å². The number of thiazole rings is 1. The van der Waals surface area contributed by atoms with Crippen molar-refractivity contribution >= 4 is 27.2 Å². The van der Waals surface area contributed by atoms with Crippen LogP contribution >= 0.6 is 11.3 Å². The normalized spacial score (nSPS) is 11.4. The monoisotopic (exact) mass is 506 g/mol. The van der Waals surface area contributed by atoms with E-state index in [4.69, 9.17) is 4.98 Å².